The molecular formula is C13H20ClN3. The van der Waals surface area contributed by atoms with Gasteiger partial charge in [-0.05, 0) is 44.0 Å². The molecule has 1 aromatic heterocycles. The number of piperidine rings is 1. The second kappa shape index (κ2) is 6.22. The van der Waals surface area contributed by atoms with Crippen LogP contribution < -0.4 is 10.2 Å². The summed E-state index contributed by atoms with van der Waals surface area (Å²) in [6.45, 7) is 6.58. The van der Waals surface area contributed by atoms with Crippen molar-refractivity contribution in [1.29, 1.82) is 0 Å². The molecule has 2 rings (SSSR count). The molecule has 1 aliphatic rings. The predicted octanol–water partition coefficient (Wildman–Crippen LogP) is 2.56. The van der Waals surface area contributed by atoms with Crippen molar-refractivity contribution in [3.8, 4) is 0 Å². The van der Waals surface area contributed by atoms with Gasteiger partial charge in [0.1, 0.15) is 5.82 Å². The molecule has 94 valence electrons. The topological polar surface area (TPSA) is 28.2 Å². The van der Waals surface area contributed by atoms with E-state index in [0.29, 0.717) is 5.02 Å². The van der Waals surface area contributed by atoms with Gasteiger partial charge in [0.15, 0.2) is 0 Å². The van der Waals surface area contributed by atoms with Gasteiger partial charge in [0.2, 0.25) is 0 Å². The zero-order valence-electron chi connectivity index (χ0n) is 10.3. The van der Waals surface area contributed by atoms with Crippen molar-refractivity contribution < 1.29 is 0 Å². The van der Waals surface area contributed by atoms with Crippen molar-refractivity contribution >= 4 is 17.4 Å². The molecule has 0 aliphatic carbocycles. The second-order valence-electron chi connectivity index (χ2n) is 4.57. The lowest BCUT2D eigenvalue weighted by molar-refractivity contribution is 0.385. The van der Waals surface area contributed by atoms with Crippen LogP contribution in [0.25, 0.3) is 0 Å². The van der Waals surface area contributed by atoms with Gasteiger partial charge in [-0.25, -0.2) is 4.98 Å². The Labute approximate surface area is 108 Å². The van der Waals surface area contributed by atoms with E-state index in [2.05, 4.69) is 22.1 Å². The van der Waals surface area contributed by atoms with Crippen LogP contribution in [0.1, 0.15) is 19.8 Å². The fourth-order valence-corrected chi connectivity index (χ4v) is 2.38. The first-order valence-electron chi connectivity index (χ1n) is 6.37. The molecule has 0 spiro atoms. The van der Waals surface area contributed by atoms with E-state index in [1.807, 2.05) is 12.1 Å². The van der Waals surface area contributed by atoms with Crippen LogP contribution >= 0.6 is 11.6 Å². The molecular weight excluding hydrogens is 234 g/mol. The minimum atomic E-state index is 0.704. The minimum absolute atomic E-state index is 0.704. The van der Waals surface area contributed by atoms with Gasteiger partial charge in [-0.3, -0.25) is 0 Å². The first kappa shape index (κ1) is 12.7. The first-order valence-corrected chi connectivity index (χ1v) is 6.74. The molecule has 1 fully saturated rings. The van der Waals surface area contributed by atoms with Gasteiger partial charge in [0.05, 0.1) is 5.02 Å². The lowest BCUT2D eigenvalue weighted by Crippen LogP contribution is -2.37. The first-order chi connectivity index (χ1) is 8.29. The summed E-state index contributed by atoms with van der Waals surface area (Å²) in [5, 5.41) is 4.13. The van der Waals surface area contributed by atoms with Gasteiger partial charge in [0.25, 0.3) is 0 Å². The fourth-order valence-electron chi connectivity index (χ4n) is 2.27. The number of rotatable bonds is 4. The van der Waals surface area contributed by atoms with Crippen LogP contribution in [0.5, 0.6) is 0 Å². The van der Waals surface area contributed by atoms with E-state index in [1.54, 1.807) is 6.20 Å². The Morgan fingerprint density at radius 2 is 2.18 bits per heavy atom. The average Bonchev–Trinajstić information content (AvgIpc) is 2.38. The highest BCUT2D eigenvalue weighted by molar-refractivity contribution is 6.30. The molecule has 0 atom stereocenters. The van der Waals surface area contributed by atoms with Crippen LogP contribution in [0.3, 0.4) is 0 Å². The summed E-state index contributed by atoms with van der Waals surface area (Å²) in [6, 6.07) is 3.92. The van der Waals surface area contributed by atoms with E-state index in [0.717, 1.165) is 37.9 Å². The molecule has 2 heterocycles. The third-order valence-corrected chi connectivity index (χ3v) is 3.56. The number of hydrogen-bond donors (Lipinski definition) is 1. The third kappa shape index (κ3) is 3.58. The van der Waals surface area contributed by atoms with E-state index in [-0.39, 0.29) is 0 Å². The Bertz CT molecular complexity index is 331. The number of nitrogens with one attached hydrogen (secondary N) is 1. The molecule has 17 heavy (non-hydrogen) atoms. The lowest BCUT2D eigenvalue weighted by Gasteiger charge is -2.32. The summed E-state index contributed by atoms with van der Waals surface area (Å²) < 4.78 is 0. The third-order valence-electron chi connectivity index (χ3n) is 3.33. The number of anilines is 1. The van der Waals surface area contributed by atoms with Crippen molar-refractivity contribution in [2.75, 3.05) is 31.1 Å². The van der Waals surface area contributed by atoms with Crippen molar-refractivity contribution in [3.05, 3.63) is 23.4 Å². The van der Waals surface area contributed by atoms with Crippen LogP contribution in [-0.4, -0.2) is 31.2 Å². The molecule has 4 heteroatoms. The van der Waals surface area contributed by atoms with Crippen LogP contribution in [0.15, 0.2) is 18.3 Å². The molecule has 0 saturated carbocycles. The van der Waals surface area contributed by atoms with Crippen molar-refractivity contribution in [2.24, 2.45) is 5.92 Å². The number of halogens is 1. The van der Waals surface area contributed by atoms with Gasteiger partial charge in [-0.2, -0.15) is 0 Å². The van der Waals surface area contributed by atoms with E-state index < -0.39 is 0 Å². The van der Waals surface area contributed by atoms with E-state index in [1.165, 1.54) is 12.8 Å². The van der Waals surface area contributed by atoms with Crippen LogP contribution in [-0.2, 0) is 0 Å². The number of hydrogen-bond acceptors (Lipinski definition) is 3. The summed E-state index contributed by atoms with van der Waals surface area (Å²) in [5.41, 5.74) is 0. The van der Waals surface area contributed by atoms with Gasteiger partial charge in [-0.1, -0.05) is 18.5 Å². The normalized spacial score (nSPS) is 17.4. The SMILES string of the molecule is CCNCC1CCN(c2ccc(Cl)cn2)CC1. The molecule has 0 unspecified atom stereocenters. The Morgan fingerprint density at radius 1 is 1.41 bits per heavy atom. The van der Waals surface area contributed by atoms with Crippen molar-refractivity contribution in [2.45, 2.75) is 19.8 Å². The van der Waals surface area contributed by atoms with E-state index in [9.17, 15) is 0 Å². The van der Waals surface area contributed by atoms with Gasteiger partial charge in [0, 0.05) is 19.3 Å². The molecule has 1 aliphatic heterocycles. The number of aromatic nitrogens is 1. The monoisotopic (exact) mass is 253 g/mol. The van der Waals surface area contributed by atoms with Gasteiger partial charge >= 0.3 is 0 Å². The molecule has 0 radical (unpaired) electrons. The smallest absolute Gasteiger partial charge is 0.128 e. The molecule has 1 N–H and O–H groups in total. The largest absolute Gasteiger partial charge is 0.357 e. The summed E-state index contributed by atoms with van der Waals surface area (Å²) in [5.74, 6) is 1.87. The highest BCUT2D eigenvalue weighted by atomic mass is 35.5. The van der Waals surface area contributed by atoms with Crippen molar-refractivity contribution in [1.82, 2.24) is 10.3 Å². The Hall–Kier alpha value is -0.800. The molecule has 1 aromatic rings. The fraction of sp³-hybridized carbons (Fsp3) is 0.615. The average molecular weight is 254 g/mol. The molecule has 1 saturated heterocycles. The van der Waals surface area contributed by atoms with Gasteiger partial charge in [-0.15, -0.1) is 0 Å². The maximum atomic E-state index is 5.84. The second-order valence-corrected chi connectivity index (χ2v) is 5.01. The highest BCUT2D eigenvalue weighted by Crippen LogP contribution is 2.22. The predicted molar refractivity (Wildman–Crippen MR) is 72.7 cm³/mol. The number of nitrogens with zero attached hydrogens (tertiary/aromatic N) is 2. The number of pyridine rings is 1. The van der Waals surface area contributed by atoms with E-state index in [4.69, 9.17) is 11.6 Å². The zero-order chi connectivity index (χ0) is 12.1. The van der Waals surface area contributed by atoms with Gasteiger partial charge < -0.3 is 10.2 Å². The van der Waals surface area contributed by atoms with Crippen LogP contribution in [0, 0.1) is 5.92 Å². The molecule has 0 aromatic carbocycles. The summed E-state index contributed by atoms with van der Waals surface area (Å²) in [7, 11) is 0. The summed E-state index contributed by atoms with van der Waals surface area (Å²) in [6.07, 6.45) is 4.22. The van der Waals surface area contributed by atoms with E-state index >= 15 is 0 Å². The Morgan fingerprint density at radius 3 is 2.76 bits per heavy atom. The summed E-state index contributed by atoms with van der Waals surface area (Å²) >= 11 is 5.84. The highest BCUT2D eigenvalue weighted by Gasteiger charge is 2.19. The maximum absolute atomic E-state index is 5.84. The summed E-state index contributed by atoms with van der Waals surface area (Å²) in [4.78, 5) is 6.71. The molecule has 0 amide bonds. The van der Waals surface area contributed by atoms with Crippen LogP contribution in [0.4, 0.5) is 5.82 Å². The zero-order valence-corrected chi connectivity index (χ0v) is 11.1. The quantitative estimate of drug-likeness (QED) is 0.894. The molecule has 3 nitrogen and oxygen atoms in total. The standard InChI is InChI=1S/C13H20ClN3/c1-2-15-9-11-5-7-17(8-6-11)13-4-3-12(14)10-16-13/h3-4,10-11,15H,2,5-9H2,1H3. The Kier molecular flexibility index (Phi) is 4.63. The Balaban J connectivity index is 1.84. The van der Waals surface area contributed by atoms with Crippen molar-refractivity contribution in [3.63, 3.8) is 0 Å². The maximum Gasteiger partial charge on any atom is 0.128 e. The minimum Gasteiger partial charge on any atom is -0.357 e. The lowest BCUT2D eigenvalue weighted by atomic mass is 9.97. The molecule has 0 bridgehead atoms. The van der Waals surface area contributed by atoms with Crippen LogP contribution in [0.2, 0.25) is 5.02 Å².